The fraction of sp³-hybridized carbons (Fsp3) is 0.136. The lowest BCUT2D eigenvalue weighted by atomic mass is 10.1. The highest BCUT2D eigenvalue weighted by atomic mass is 35.5. The topological polar surface area (TPSA) is 66.5 Å². The van der Waals surface area contributed by atoms with Gasteiger partial charge in [0.1, 0.15) is 5.82 Å². The summed E-state index contributed by atoms with van der Waals surface area (Å²) in [7, 11) is -3.86. The van der Waals surface area contributed by atoms with Crippen LogP contribution in [0.15, 0.2) is 71.6 Å². The number of carbonyl (C=O) groups is 1. The van der Waals surface area contributed by atoms with Crippen LogP contribution in [0.4, 0.5) is 10.1 Å². The van der Waals surface area contributed by atoms with Gasteiger partial charge in [-0.3, -0.25) is 4.79 Å². The van der Waals surface area contributed by atoms with Crippen LogP contribution in [-0.2, 0) is 23.0 Å². The molecule has 8 heteroatoms. The third kappa shape index (κ3) is 4.23. The summed E-state index contributed by atoms with van der Waals surface area (Å²) in [6, 6.07) is 17.1. The summed E-state index contributed by atoms with van der Waals surface area (Å²) in [6.07, 6.45) is 0.726. The van der Waals surface area contributed by atoms with Crippen molar-refractivity contribution < 1.29 is 17.6 Å². The van der Waals surface area contributed by atoms with E-state index in [4.69, 9.17) is 11.6 Å². The molecule has 5 nitrogen and oxygen atoms in total. The molecule has 1 aliphatic heterocycles. The van der Waals surface area contributed by atoms with Crippen molar-refractivity contribution in [3.63, 3.8) is 0 Å². The van der Waals surface area contributed by atoms with E-state index < -0.39 is 15.8 Å². The van der Waals surface area contributed by atoms with E-state index in [0.29, 0.717) is 22.7 Å². The van der Waals surface area contributed by atoms with Gasteiger partial charge in [-0.2, -0.15) is 0 Å². The van der Waals surface area contributed by atoms with Crippen molar-refractivity contribution in [2.24, 2.45) is 0 Å². The summed E-state index contributed by atoms with van der Waals surface area (Å²) in [5.74, 6) is -0.755. The maximum Gasteiger partial charge on any atom is 0.258 e. The van der Waals surface area contributed by atoms with Crippen LogP contribution < -0.4 is 9.62 Å². The number of sulfonamides is 1. The average Bonchev–Trinajstić information content (AvgIpc) is 3.15. The molecule has 1 aliphatic rings. The molecular formula is C22H18ClFN2O3S. The van der Waals surface area contributed by atoms with Crippen molar-refractivity contribution in [2.75, 3.05) is 11.4 Å². The van der Waals surface area contributed by atoms with E-state index in [0.717, 1.165) is 23.7 Å². The van der Waals surface area contributed by atoms with Gasteiger partial charge in [-0.25, -0.2) is 17.5 Å². The summed E-state index contributed by atoms with van der Waals surface area (Å²) in [5.41, 5.74) is 3.01. The molecule has 3 aromatic rings. The molecule has 0 aromatic heterocycles. The van der Waals surface area contributed by atoms with E-state index in [1.165, 1.54) is 18.2 Å². The molecule has 0 aliphatic carbocycles. The van der Waals surface area contributed by atoms with Gasteiger partial charge in [0.15, 0.2) is 0 Å². The Labute approximate surface area is 179 Å². The third-order valence-corrected chi connectivity index (χ3v) is 6.61. The number of fused-ring (bicyclic) bond motifs is 1. The lowest BCUT2D eigenvalue weighted by Crippen LogP contribution is -2.29. The number of amides is 1. The van der Waals surface area contributed by atoms with E-state index in [1.807, 2.05) is 18.2 Å². The molecule has 4 rings (SSSR count). The fourth-order valence-electron chi connectivity index (χ4n) is 3.39. The van der Waals surface area contributed by atoms with Gasteiger partial charge in [-0.15, -0.1) is 0 Å². The van der Waals surface area contributed by atoms with Crippen molar-refractivity contribution in [3.8, 4) is 0 Å². The average molecular weight is 445 g/mol. The van der Waals surface area contributed by atoms with Crippen molar-refractivity contribution in [1.29, 1.82) is 0 Å². The van der Waals surface area contributed by atoms with Gasteiger partial charge in [0, 0.05) is 29.4 Å². The monoisotopic (exact) mass is 444 g/mol. The number of benzene rings is 3. The fourth-order valence-corrected chi connectivity index (χ4v) is 4.56. The number of carbonyl (C=O) groups excluding carboxylic acids is 1. The first-order chi connectivity index (χ1) is 14.3. The Morgan fingerprint density at radius 1 is 1.07 bits per heavy atom. The van der Waals surface area contributed by atoms with E-state index >= 15 is 0 Å². The molecular weight excluding hydrogens is 427 g/mol. The van der Waals surface area contributed by atoms with Crippen LogP contribution in [0.2, 0.25) is 5.02 Å². The van der Waals surface area contributed by atoms with Gasteiger partial charge in [-0.1, -0.05) is 29.8 Å². The van der Waals surface area contributed by atoms with Crippen LogP contribution in [0.1, 0.15) is 21.5 Å². The zero-order valence-electron chi connectivity index (χ0n) is 15.8. The SMILES string of the molecule is O=C(c1ccc(Cl)cc1)N1CCc2ccc(CNS(=O)(=O)c3cccc(F)c3)cc21. The molecule has 1 heterocycles. The molecule has 1 amide bonds. The van der Waals surface area contributed by atoms with Crippen molar-refractivity contribution in [1.82, 2.24) is 4.72 Å². The van der Waals surface area contributed by atoms with Gasteiger partial charge in [0.25, 0.3) is 5.91 Å². The molecule has 0 radical (unpaired) electrons. The predicted octanol–water partition coefficient (Wildman–Crippen LogP) is 4.16. The highest BCUT2D eigenvalue weighted by Gasteiger charge is 2.26. The largest absolute Gasteiger partial charge is 0.308 e. The standard InChI is InChI=1S/C22H18ClFN2O3S/c23-18-8-6-17(7-9-18)22(27)26-11-10-16-5-4-15(12-21(16)26)14-25-30(28,29)20-3-1-2-19(24)13-20/h1-9,12-13,25H,10-11,14H2. The predicted molar refractivity (Wildman–Crippen MR) is 114 cm³/mol. The van der Waals surface area contributed by atoms with E-state index in [1.54, 1.807) is 29.2 Å². The maximum absolute atomic E-state index is 13.4. The summed E-state index contributed by atoms with van der Waals surface area (Å²) in [5, 5.41) is 0.557. The summed E-state index contributed by atoms with van der Waals surface area (Å²) in [4.78, 5) is 14.4. The Balaban J connectivity index is 1.53. The molecule has 0 bridgehead atoms. The highest BCUT2D eigenvalue weighted by molar-refractivity contribution is 7.89. The number of hydrogen-bond donors (Lipinski definition) is 1. The van der Waals surface area contributed by atoms with E-state index in [9.17, 15) is 17.6 Å². The molecule has 154 valence electrons. The zero-order chi connectivity index (χ0) is 21.3. The second-order valence-electron chi connectivity index (χ2n) is 6.96. The molecule has 30 heavy (non-hydrogen) atoms. The Hall–Kier alpha value is -2.74. The summed E-state index contributed by atoms with van der Waals surface area (Å²) < 4.78 is 40.7. The first-order valence-corrected chi connectivity index (χ1v) is 11.1. The minimum absolute atomic E-state index is 0.0229. The van der Waals surface area contributed by atoms with Crippen LogP contribution in [0.3, 0.4) is 0 Å². The first-order valence-electron chi connectivity index (χ1n) is 9.28. The number of nitrogens with one attached hydrogen (secondary N) is 1. The van der Waals surface area contributed by atoms with Crippen LogP contribution in [0, 0.1) is 5.82 Å². The molecule has 0 unspecified atom stereocenters. The lowest BCUT2D eigenvalue weighted by molar-refractivity contribution is 0.0989. The Kier molecular flexibility index (Phi) is 5.60. The van der Waals surface area contributed by atoms with Gasteiger partial charge in [0.2, 0.25) is 10.0 Å². The smallest absolute Gasteiger partial charge is 0.258 e. The van der Waals surface area contributed by atoms with Crippen LogP contribution in [0.25, 0.3) is 0 Å². The summed E-state index contributed by atoms with van der Waals surface area (Å²) >= 11 is 5.90. The quantitative estimate of drug-likeness (QED) is 0.642. The molecule has 0 atom stereocenters. The van der Waals surface area contributed by atoms with E-state index in [2.05, 4.69) is 4.72 Å². The second kappa shape index (κ2) is 8.18. The number of anilines is 1. The van der Waals surface area contributed by atoms with Gasteiger partial charge >= 0.3 is 0 Å². The number of halogens is 2. The highest BCUT2D eigenvalue weighted by Crippen LogP contribution is 2.30. The van der Waals surface area contributed by atoms with Crippen LogP contribution >= 0.6 is 11.6 Å². The Morgan fingerprint density at radius 2 is 1.83 bits per heavy atom. The minimum Gasteiger partial charge on any atom is -0.308 e. The van der Waals surface area contributed by atoms with Crippen molar-refractivity contribution >= 4 is 33.2 Å². The van der Waals surface area contributed by atoms with Gasteiger partial charge in [0.05, 0.1) is 4.90 Å². The van der Waals surface area contributed by atoms with Gasteiger partial charge < -0.3 is 4.90 Å². The summed E-state index contributed by atoms with van der Waals surface area (Å²) in [6.45, 7) is 0.574. The van der Waals surface area contributed by atoms with Crippen molar-refractivity contribution in [2.45, 2.75) is 17.9 Å². The zero-order valence-corrected chi connectivity index (χ0v) is 17.4. The molecule has 0 saturated heterocycles. The number of rotatable bonds is 5. The van der Waals surface area contributed by atoms with E-state index in [-0.39, 0.29) is 17.3 Å². The Bertz CT molecular complexity index is 1210. The second-order valence-corrected chi connectivity index (χ2v) is 9.16. The first kappa shape index (κ1) is 20.5. The third-order valence-electron chi connectivity index (χ3n) is 4.95. The van der Waals surface area contributed by atoms with Gasteiger partial charge in [-0.05, 0) is 66.1 Å². The Morgan fingerprint density at radius 3 is 2.57 bits per heavy atom. The molecule has 3 aromatic carbocycles. The molecule has 0 saturated carbocycles. The molecule has 0 fully saturated rings. The van der Waals surface area contributed by atoms with Crippen LogP contribution in [-0.4, -0.2) is 20.9 Å². The van der Waals surface area contributed by atoms with Crippen LogP contribution in [0.5, 0.6) is 0 Å². The minimum atomic E-state index is -3.86. The molecule has 0 spiro atoms. The number of nitrogens with zero attached hydrogens (tertiary/aromatic N) is 1. The van der Waals surface area contributed by atoms with Crippen molar-refractivity contribution in [3.05, 3.63) is 94.3 Å². The molecule has 1 N–H and O–H groups in total. The normalized spacial score (nSPS) is 13.3. The number of hydrogen-bond acceptors (Lipinski definition) is 3. The maximum atomic E-state index is 13.4. The lowest BCUT2D eigenvalue weighted by Gasteiger charge is -2.18.